The van der Waals surface area contributed by atoms with E-state index in [0.29, 0.717) is 12.2 Å². The van der Waals surface area contributed by atoms with E-state index in [-0.39, 0.29) is 12.6 Å². The Morgan fingerprint density at radius 1 is 1.21 bits per heavy atom. The van der Waals surface area contributed by atoms with Crippen LogP contribution >= 0.6 is 0 Å². The molecule has 0 amide bonds. The van der Waals surface area contributed by atoms with Crippen molar-refractivity contribution in [3.63, 3.8) is 0 Å². The molecule has 1 aliphatic heterocycles. The molecule has 0 atom stereocenters. The van der Waals surface area contributed by atoms with Gasteiger partial charge in [0.2, 0.25) is 0 Å². The minimum atomic E-state index is -0.346. The maximum absolute atomic E-state index is 10.7. The summed E-state index contributed by atoms with van der Waals surface area (Å²) < 4.78 is 9.92. The van der Waals surface area contributed by atoms with Gasteiger partial charge in [-0.15, -0.1) is 0 Å². The number of carbonyl (C=O) groups is 1. The summed E-state index contributed by atoms with van der Waals surface area (Å²) >= 11 is 0. The first-order valence-electron chi connectivity index (χ1n) is 4.40. The molecule has 0 bridgehead atoms. The molecule has 3 nitrogen and oxygen atoms in total. The van der Waals surface area contributed by atoms with E-state index >= 15 is 0 Å². The predicted octanol–water partition coefficient (Wildman–Crippen LogP) is 1.64. The van der Waals surface area contributed by atoms with Gasteiger partial charge < -0.3 is 9.47 Å². The van der Waals surface area contributed by atoms with E-state index in [9.17, 15) is 4.79 Å². The third kappa shape index (κ3) is 2.13. The lowest BCUT2D eigenvalue weighted by atomic mass is 10.1. The van der Waals surface area contributed by atoms with Gasteiger partial charge >= 0.3 is 5.97 Å². The Hall–Kier alpha value is -1.77. The average molecular weight is 190 g/mol. The summed E-state index contributed by atoms with van der Waals surface area (Å²) in [6.07, 6.45) is 2.03. The number of carbonyl (C=O) groups excluding carboxylic acids is 1. The zero-order valence-electron chi connectivity index (χ0n) is 7.60. The van der Waals surface area contributed by atoms with Crippen molar-refractivity contribution >= 4 is 5.97 Å². The SMILES string of the molecule is O=C1COC(Cc2ccccc2)=CO1. The maximum Gasteiger partial charge on any atom is 0.349 e. The van der Waals surface area contributed by atoms with Gasteiger partial charge in [-0.1, -0.05) is 30.3 Å². The summed E-state index contributed by atoms with van der Waals surface area (Å²) in [6, 6.07) is 9.89. The number of rotatable bonds is 2. The van der Waals surface area contributed by atoms with Crippen molar-refractivity contribution < 1.29 is 14.3 Å². The highest BCUT2D eigenvalue weighted by Gasteiger charge is 2.12. The third-order valence-electron chi connectivity index (χ3n) is 1.92. The van der Waals surface area contributed by atoms with Gasteiger partial charge in [0.15, 0.2) is 6.61 Å². The van der Waals surface area contributed by atoms with Gasteiger partial charge in [0.1, 0.15) is 12.0 Å². The Kier molecular flexibility index (Phi) is 2.49. The van der Waals surface area contributed by atoms with Crippen LogP contribution in [0.3, 0.4) is 0 Å². The lowest BCUT2D eigenvalue weighted by Gasteiger charge is -2.13. The Morgan fingerprint density at radius 2 is 2.00 bits per heavy atom. The lowest BCUT2D eigenvalue weighted by molar-refractivity contribution is -0.145. The molecule has 1 aliphatic rings. The van der Waals surface area contributed by atoms with E-state index in [0.717, 1.165) is 5.56 Å². The van der Waals surface area contributed by atoms with Crippen molar-refractivity contribution in [2.45, 2.75) is 6.42 Å². The second-order valence-electron chi connectivity index (χ2n) is 3.03. The van der Waals surface area contributed by atoms with Gasteiger partial charge in [-0.25, -0.2) is 4.79 Å². The largest absolute Gasteiger partial charge is 0.483 e. The number of esters is 1. The van der Waals surface area contributed by atoms with Gasteiger partial charge in [-0.2, -0.15) is 0 Å². The van der Waals surface area contributed by atoms with E-state index < -0.39 is 0 Å². The van der Waals surface area contributed by atoms with Crippen molar-refractivity contribution in [3.05, 3.63) is 47.9 Å². The van der Waals surface area contributed by atoms with Crippen LogP contribution in [0.5, 0.6) is 0 Å². The molecule has 0 unspecified atom stereocenters. The fraction of sp³-hybridized carbons (Fsp3) is 0.182. The van der Waals surface area contributed by atoms with E-state index in [1.54, 1.807) is 0 Å². The first-order valence-corrected chi connectivity index (χ1v) is 4.40. The second kappa shape index (κ2) is 3.96. The van der Waals surface area contributed by atoms with E-state index in [4.69, 9.17) is 9.47 Å². The number of hydrogen-bond acceptors (Lipinski definition) is 3. The van der Waals surface area contributed by atoms with Crippen LogP contribution in [0.4, 0.5) is 0 Å². The van der Waals surface area contributed by atoms with Gasteiger partial charge in [-0.3, -0.25) is 0 Å². The highest BCUT2D eigenvalue weighted by Crippen LogP contribution is 2.12. The summed E-state index contributed by atoms with van der Waals surface area (Å²) in [7, 11) is 0. The van der Waals surface area contributed by atoms with Gasteiger partial charge in [0.05, 0.1) is 0 Å². The van der Waals surface area contributed by atoms with Crippen LogP contribution in [0.2, 0.25) is 0 Å². The number of ether oxygens (including phenoxy) is 2. The number of cyclic esters (lactones) is 1. The molecule has 72 valence electrons. The van der Waals surface area contributed by atoms with Gasteiger partial charge in [0.25, 0.3) is 0 Å². The molecule has 0 aliphatic carbocycles. The van der Waals surface area contributed by atoms with Crippen LogP contribution in [0.15, 0.2) is 42.4 Å². The Bertz CT molecular complexity index is 354. The van der Waals surface area contributed by atoms with Crippen LogP contribution in [-0.4, -0.2) is 12.6 Å². The molecule has 0 radical (unpaired) electrons. The van der Waals surface area contributed by atoms with Crippen LogP contribution < -0.4 is 0 Å². The van der Waals surface area contributed by atoms with Crippen LogP contribution in [0.1, 0.15) is 5.56 Å². The van der Waals surface area contributed by atoms with E-state index in [2.05, 4.69) is 0 Å². The molecule has 2 rings (SSSR count). The van der Waals surface area contributed by atoms with Crippen molar-refractivity contribution in [3.8, 4) is 0 Å². The molecule has 1 aromatic carbocycles. The smallest absolute Gasteiger partial charge is 0.349 e. The molecule has 0 spiro atoms. The van der Waals surface area contributed by atoms with Crippen molar-refractivity contribution in [1.29, 1.82) is 0 Å². The van der Waals surface area contributed by atoms with Crippen molar-refractivity contribution in [1.82, 2.24) is 0 Å². The Labute approximate surface area is 81.9 Å². The second-order valence-corrected chi connectivity index (χ2v) is 3.03. The number of benzene rings is 1. The molecule has 0 aromatic heterocycles. The topological polar surface area (TPSA) is 35.5 Å². The predicted molar refractivity (Wildman–Crippen MR) is 50.3 cm³/mol. The van der Waals surface area contributed by atoms with Crippen molar-refractivity contribution in [2.24, 2.45) is 0 Å². The molecule has 0 fully saturated rings. The molecule has 0 N–H and O–H groups in total. The fourth-order valence-electron chi connectivity index (χ4n) is 1.24. The molecule has 0 saturated heterocycles. The monoisotopic (exact) mass is 190 g/mol. The molecule has 1 heterocycles. The van der Waals surface area contributed by atoms with Gasteiger partial charge in [0, 0.05) is 6.42 Å². The quantitative estimate of drug-likeness (QED) is 0.665. The molecule has 1 aromatic rings. The highest BCUT2D eigenvalue weighted by molar-refractivity contribution is 5.72. The van der Waals surface area contributed by atoms with E-state index in [1.165, 1.54) is 6.26 Å². The summed E-state index contributed by atoms with van der Waals surface area (Å²) in [5.41, 5.74) is 1.14. The zero-order valence-corrected chi connectivity index (χ0v) is 7.60. The van der Waals surface area contributed by atoms with Crippen molar-refractivity contribution in [2.75, 3.05) is 6.61 Å². The highest BCUT2D eigenvalue weighted by atomic mass is 16.6. The summed E-state index contributed by atoms with van der Waals surface area (Å²) in [6.45, 7) is 0.0126. The minimum Gasteiger partial charge on any atom is -0.483 e. The normalized spacial score (nSPS) is 15.4. The Morgan fingerprint density at radius 3 is 2.64 bits per heavy atom. The van der Waals surface area contributed by atoms with Gasteiger partial charge in [-0.05, 0) is 5.56 Å². The lowest BCUT2D eigenvalue weighted by Crippen LogP contribution is -2.16. The van der Waals surface area contributed by atoms with Crippen LogP contribution in [0.25, 0.3) is 0 Å². The first-order chi connectivity index (χ1) is 6.84. The third-order valence-corrected chi connectivity index (χ3v) is 1.92. The average Bonchev–Trinajstić information content (AvgIpc) is 2.23. The molecule has 14 heavy (non-hydrogen) atoms. The first kappa shape index (κ1) is 8.81. The number of allylic oxidation sites excluding steroid dienone is 1. The number of hydrogen-bond donors (Lipinski definition) is 0. The Balaban J connectivity index is 2.02. The molecule has 0 saturated carbocycles. The zero-order chi connectivity index (χ0) is 9.80. The molecular weight excluding hydrogens is 180 g/mol. The summed E-state index contributed by atoms with van der Waals surface area (Å²) in [4.78, 5) is 10.7. The van der Waals surface area contributed by atoms with Crippen LogP contribution in [-0.2, 0) is 20.7 Å². The minimum absolute atomic E-state index is 0.0126. The summed E-state index contributed by atoms with van der Waals surface area (Å²) in [5, 5.41) is 0. The van der Waals surface area contributed by atoms with Crippen LogP contribution in [0, 0.1) is 0 Å². The maximum atomic E-state index is 10.7. The van der Waals surface area contributed by atoms with E-state index in [1.807, 2.05) is 30.3 Å². The standard InChI is InChI=1S/C11H10O3/c12-11-8-13-10(7-14-11)6-9-4-2-1-3-5-9/h1-5,7H,6,8H2. The molecule has 3 heteroatoms. The fourth-order valence-corrected chi connectivity index (χ4v) is 1.24. The summed E-state index contributed by atoms with van der Waals surface area (Å²) in [5.74, 6) is 0.345. The molecular formula is C11H10O3.